The molecule has 1 heterocycles. The second-order valence-electron chi connectivity index (χ2n) is 5.03. The zero-order chi connectivity index (χ0) is 15.4. The van der Waals surface area contributed by atoms with Gasteiger partial charge in [-0.3, -0.25) is 4.79 Å². The van der Waals surface area contributed by atoms with E-state index in [4.69, 9.17) is 21.1 Å². The molecule has 1 atom stereocenters. The molecule has 0 aromatic heterocycles. The first-order valence-corrected chi connectivity index (χ1v) is 7.47. The van der Waals surface area contributed by atoms with Gasteiger partial charge >= 0.3 is 0 Å². The first-order valence-electron chi connectivity index (χ1n) is 7.09. The van der Waals surface area contributed by atoms with E-state index in [0.717, 1.165) is 6.54 Å². The first kappa shape index (κ1) is 15.9. The van der Waals surface area contributed by atoms with Gasteiger partial charge in [0.1, 0.15) is 0 Å². The van der Waals surface area contributed by atoms with E-state index < -0.39 is 0 Å². The van der Waals surface area contributed by atoms with Crippen molar-refractivity contribution >= 4 is 17.5 Å². The molecular formula is C15H21ClN2O3. The van der Waals surface area contributed by atoms with Gasteiger partial charge in [0.2, 0.25) is 0 Å². The van der Waals surface area contributed by atoms with Crippen molar-refractivity contribution < 1.29 is 14.3 Å². The van der Waals surface area contributed by atoms with Crippen LogP contribution >= 0.6 is 11.6 Å². The molecule has 0 saturated carbocycles. The Morgan fingerprint density at radius 1 is 1.52 bits per heavy atom. The second kappa shape index (κ2) is 7.00. The number of carbonyl (C=O) groups excluding carboxylic acids is 1. The minimum Gasteiger partial charge on any atom is -0.493 e. The van der Waals surface area contributed by atoms with Gasteiger partial charge in [-0.15, -0.1) is 0 Å². The smallest absolute Gasteiger partial charge is 0.254 e. The Bertz CT molecular complexity index is 522. The van der Waals surface area contributed by atoms with Crippen molar-refractivity contribution in [1.82, 2.24) is 10.2 Å². The van der Waals surface area contributed by atoms with Gasteiger partial charge in [-0.1, -0.05) is 11.6 Å². The fourth-order valence-corrected chi connectivity index (χ4v) is 2.69. The minimum absolute atomic E-state index is 0.0356. The molecule has 1 aliphatic rings. The lowest BCUT2D eigenvalue weighted by molar-refractivity contribution is 0.0708. The van der Waals surface area contributed by atoms with E-state index in [1.54, 1.807) is 12.1 Å². The summed E-state index contributed by atoms with van der Waals surface area (Å²) in [7, 11) is 1.54. The van der Waals surface area contributed by atoms with Crippen LogP contribution in [0, 0.1) is 0 Å². The van der Waals surface area contributed by atoms with E-state index in [2.05, 4.69) is 12.2 Å². The lowest BCUT2D eigenvalue weighted by atomic mass is 10.1. The highest BCUT2D eigenvalue weighted by Crippen LogP contribution is 2.36. The van der Waals surface area contributed by atoms with E-state index in [1.165, 1.54) is 7.11 Å². The SMILES string of the molecule is CCOc1c(Cl)cc(C(=O)N2CCNC(C)C2)cc1OC. The normalized spacial score (nSPS) is 18.5. The van der Waals surface area contributed by atoms with E-state index in [1.807, 2.05) is 11.8 Å². The maximum absolute atomic E-state index is 12.6. The average molecular weight is 313 g/mol. The Labute approximate surface area is 130 Å². The summed E-state index contributed by atoms with van der Waals surface area (Å²) < 4.78 is 10.7. The van der Waals surface area contributed by atoms with Gasteiger partial charge < -0.3 is 19.7 Å². The number of methoxy groups -OCH3 is 1. The fourth-order valence-electron chi connectivity index (χ4n) is 2.43. The number of hydrogen-bond acceptors (Lipinski definition) is 4. The number of piperazine rings is 1. The summed E-state index contributed by atoms with van der Waals surface area (Å²) >= 11 is 6.22. The maximum Gasteiger partial charge on any atom is 0.254 e. The highest BCUT2D eigenvalue weighted by molar-refractivity contribution is 6.32. The maximum atomic E-state index is 12.6. The molecule has 1 aromatic carbocycles. The molecular weight excluding hydrogens is 292 g/mol. The summed E-state index contributed by atoms with van der Waals surface area (Å²) in [6.45, 7) is 6.60. The summed E-state index contributed by atoms with van der Waals surface area (Å²) in [5.41, 5.74) is 0.523. The number of benzene rings is 1. The summed E-state index contributed by atoms with van der Waals surface area (Å²) in [4.78, 5) is 14.4. The third-order valence-corrected chi connectivity index (χ3v) is 3.70. The molecule has 1 aromatic rings. The molecule has 21 heavy (non-hydrogen) atoms. The zero-order valence-electron chi connectivity index (χ0n) is 12.6. The fraction of sp³-hybridized carbons (Fsp3) is 0.533. The summed E-state index contributed by atoms with van der Waals surface area (Å²) in [6.07, 6.45) is 0. The highest BCUT2D eigenvalue weighted by Gasteiger charge is 2.23. The van der Waals surface area contributed by atoms with Gasteiger partial charge in [-0.05, 0) is 26.0 Å². The van der Waals surface area contributed by atoms with Crippen LogP contribution in [0.25, 0.3) is 0 Å². The number of rotatable bonds is 4. The number of amides is 1. The van der Waals surface area contributed by atoms with Crippen LogP contribution in [0.2, 0.25) is 5.02 Å². The van der Waals surface area contributed by atoms with E-state index in [9.17, 15) is 4.79 Å². The molecule has 1 saturated heterocycles. The number of halogens is 1. The standard InChI is InChI=1S/C15H21ClN2O3/c1-4-21-14-12(16)7-11(8-13(14)20-3)15(19)18-6-5-17-10(2)9-18/h7-8,10,17H,4-6,9H2,1-3H3. The van der Waals surface area contributed by atoms with Gasteiger partial charge in [0.25, 0.3) is 5.91 Å². The van der Waals surface area contributed by atoms with Crippen LogP contribution in [0.3, 0.4) is 0 Å². The second-order valence-corrected chi connectivity index (χ2v) is 5.44. The number of nitrogens with zero attached hydrogens (tertiary/aromatic N) is 1. The molecule has 0 aliphatic carbocycles. The quantitative estimate of drug-likeness (QED) is 0.926. The van der Waals surface area contributed by atoms with Crippen molar-refractivity contribution in [2.75, 3.05) is 33.4 Å². The Balaban J connectivity index is 2.27. The van der Waals surface area contributed by atoms with Crippen LogP contribution < -0.4 is 14.8 Å². The van der Waals surface area contributed by atoms with E-state index >= 15 is 0 Å². The molecule has 0 bridgehead atoms. The molecule has 116 valence electrons. The summed E-state index contributed by atoms with van der Waals surface area (Å²) in [5.74, 6) is 0.925. The van der Waals surface area contributed by atoms with Crippen molar-refractivity contribution in [3.05, 3.63) is 22.7 Å². The number of carbonyl (C=O) groups is 1. The third kappa shape index (κ3) is 3.60. The van der Waals surface area contributed by atoms with E-state index in [0.29, 0.717) is 47.8 Å². The predicted molar refractivity (Wildman–Crippen MR) is 82.5 cm³/mol. The molecule has 0 radical (unpaired) electrons. The van der Waals surface area contributed by atoms with Gasteiger partial charge in [0, 0.05) is 31.2 Å². The molecule has 6 heteroatoms. The highest BCUT2D eigenvalue weighted by atomic mass is 35.5. The van der Waals surface area contributed by atoms with Crippen LogP contribution in [0.4, 0.5) is 0 Å². The van der Waals surface area contributed by atoms with E-state index in [-0.39, 0.29) is 5.91 Å². The van der Waals surface area contributed by atoms with Gasteiger partial charge in [0.15, 0.2) is 11.5 Å². The van der Waals surface area contributed by atoms with Crippen LogP contribution in [0.15, 0.2) is 12.1 Å². The van der Waals surface area contributed by atoms with Crippen molar-refractivity contribution in [3.8, 4) is 11.5 Å². The molecule has 1 N–H and O–H groups in total. The largest absolute Gasteiger partial charge is 0.493 e. The predicted octanol–water partition coefficient (Wildman–Crippen LogP) is 2.18. The molecule has 2 rings (SSSR count). The molecule has 0 spiro atoms. The molecule has 1 aliphatic heterocycles. The molecule has 5 nitrogen and oxygen atoms in total. The van der Waals surface area contributed by atoms with Crippen molar-refractivity contribution in [3.63, 3.8) is 0 Å². The monoisotopic (exact) mass is 312 g/mol. The lowest BCUT2D eigenvalue weighted by Gasteiger charge is -2.32. The third-order valence-electron chi connectivity index (χ3n) is 3.42. The van der Waals surface area contributed by atoms with Crippen LogP contribution in [-0.2, 0) is 0 Å². The minimum atomic E-state index is -0.0356. The number of ether oxygens (including phenoxy) is 2. The summed E-state index contributed by atoms with van der Waals surface area (Å²) in [6, 6.07) is 3.62. The topological polar surface area (TPSA) is 50.8 Å². The van der Waals surface area contributed by atoms with Crippen LogP contribution in [-0.4, -0.2) is 50.2 Å². The molecule has 1 amide bonds. The van der Waals surface area contributed by atoms with Gasteiger partial charge in [0.05, 0.1) is 18.7 Å². The Morgan fingerprint density at radius 3 is 2.90 bits per heavy atom. The van der Waals surface area contributed by atoms with Gasteiger partial charge in [-0.25, -0.2) is 0 Å². The zero-order valence-corrected chi connectivity index (χ0v) is 13.4. The summed E-state index contributed by atoms with van der Waals surface area (Å²) in [5, 5.41) is 3.70. The van der Waals surface area contributed by atoms with Crippen molar-refractivity contribution in [2.24, 2.45) is 0 Å². The van der Waals surface area contributed by atoms with Gasteiger partial charge in [-0.2, -0.15) is 0 Å². The average Bonchev–Trinajstić information content (AvgIpc) is 2.48. The van der Waals surface area contributed by atoms with Crippen molar-refractivity contribution in [2.45, 2.75) is 19.9 Å². The Kier molecular flexibility index (Phi) is 5.31. The van der Waals surface area contributed by atoms with Crippen molar-refractivity contribution in [1.29, 1.82) is 0 Å². The number of nitrogens with one attached hydrogen (secondary N) is 1. The van der Waals surface area contributed by atoms with Crippen LogP contribution in [0.5, 0.6) is 11.5 Å². The van der Waals surface area contributed by atoms with Crippen LogP contribution in [0.1, 0.15) is 24.2 Å². The Hall–Kier alpha value is -1.46. The Morgan fingerprint density at radius 2 is 2.29 bits per heavy atom. The number of hydrogen-bond donors (Lipinski definition) is 1. The lowest BCUT2D eigenvalue weighted by Crippen LogP contribution is -2.51. The molecule has 1 unspecified atom stereocenters. The first-order chi connectivity index (χ1) is 10.1. The molecule has 1 fully saturated rings.